The second kappa shape index (κ2) is 12.4. The zero-order chi connectivity index (χ0) is 27.2. The van der Waals surface area contributed by atoms with E-state index in [4.69, 9.17) is 30.5 Å². The van der Waals surface area contributed by atoms with Crippen LogP contribution >= 0.6 is 11.6 Å². The Kier molecular flexibility index (Phi) is 9.53. The Morgan fingerprint density at radius 2 is 1.95 bits per heavy atom. The van der Waals surface area contributed by atoms with Gasteiger partial charge in [0.2, 0.25) is 27.8 Å². The van der Waals surface area contributed by atoms with Gasteiger partial charge in [0.05, 0.1) is 44.3 Å². The van der Waals surface area contributed by atoms with Crippen LogP contribution in [0.25, 0.3) is 5.70 Å². The lowest BCUT2D eigenvalue weighted by Gasteiger charge is -2.25. The van der Waals surface area contributed by atoms with Gasteiger partial charge in [-0.15, -0.1) is 10.2 Å². The number of anilines is 1. The summed E-state index contributed by atoms with van der Waals surface area (Å²) in [5.41, 5.74) is 0.108. The molecule has 3 rings (SSSR count). The third-order valence-corrected chi connectivity index (χ3v) is 7.68. The molecule has 0 aliphatic carbocycles. The molecule has 37 heavy (non-hydrogen) atoms. The number of aliphatic imine (C=N–C) groups is 2. The van der Waals surface area contributed by atoms with Crippen LogP contribution in [0.15, 0.2) is 28.3 Å². The van der Waals surface area contributed by atoms with Crippen LogP contribution in [0.4, 0.5) is 5.95 Å². The van der Waals surface area contributed by atoms with E-state index in [1.165, 1.54) is 45.2 Å². The fourth-order valence-corrected chi connectivity index (χ4v) is 4.83. The van der Waals surface area contributed by atoms with Crippen LogP contribution in [-0.2, 0) is 29.0 Å². The van der Waals surface area contributed by atoms with Gasteiger partial charge < -0.3 is 18.9 Å². The highest BCUT2D eigenvalue weighted by molar-refractivity contribution is 7.93. The zero-order valence-electron chi connectivity index (χ0n) is 21.1. The summed E-state index contributed by atoms with van der Waals surface area (Å²) in [5.74, 6) is -0.200. The van der Waals surface area contributed by atoms with Gasteiger partial charge in [-0.05, 0) is 13.6 Å². The van der Waals surface area contributed by atoms with Gasteiger partial charge in [0.1, 0.15) is 11.9 Å². The first-order valence-corrected chi connectivity index (χ1v) is 13.0. The minimum Gasteiger partial charge on any atom is -0.480 e. The van der Waals surface area contributed by atoms with Gasteiger partial charge in [0, 0.05) is 25.4 Å². The van der Waals surface area contributed by atoms with Crippen LogP contribution in [-0.4, -0.2) is 92.1 Å². The molecule has 16 heteroatoms. The number of nitrogens with zero attached hydrogens (tertiary/aromatic N) is 7. The van der Waals surface area contributed by atoms with Crippen molar-refractivity contribution in [2.75, 3.05) is 45.8 Å². The molecule has 14 nitrogen and oxygen atoms in total. The summed E-state index contributed by atoms with van der Waals surface area (Å²) in [4.78, 5) is 16.3. The number of rotatable bonds is 10. The van der Waals surface area contributed by atoms with Crippen molar-refractivity contribution in [2.24, 2.45) is 9.98 Å². The Hall–Kier alpha value is -3.14. The lowest BCUT2D eigenvalue weighted by Crippen LogP contribution is -2.32. The Morgan fingerprint density at radius 1 is 1.24 bits per heavy atom. The summed E-state index contributed by atoms with van der Waals surface area (Å²) in [6.07, 6.45) is 2.14. The van der Waals surface area contributed by atoms with Crippen LogP contribution in [0.3, 0.4) is 0 Å². The van der Waals surface area contributed by atoms with E-state index < -0.39 is 27.3 Å². The molecule has 0 bridgehead atoms. The largest absolute Gasteiger partial charge is 0.480 e. The summed E-state index contributed by atoms with van der Waals surface area (Å²) in [6.45, 7) is 7.64. The van der Waals surface area contributed by atoms with E-state index in [1.54, 1.807) is 6.92 Å². The fraction of sp³-hybridized carbons (Fsp3) is 0.524. The summed E-state index contributed by atoms with van der Waals surface area (Å²) < 4.78 is 53.0. The second-order valence-corrected chi connectivity index (χ2v) is 10.3. The molecule has 2 aromatic heterocycles. The summed E-state index contributed by atoms with van der Waals surface area (Å²) in [6, 6.07) is 0. The normalized spacial score (nSPS) is 19.0. The first-order valence-electron chi connectivity index (χ1n) is 11.1. The lowest BCUT2D eigenvalue weighted by atomic mass is 10.1. The van der Waals surface area contributed by atoms with Gasteiger partial charge in [-0.3, -0.25) is 14.3 Å². The quantitative estimate of drug-likeness (QED) is 0.259. The van der Waals surface area contributed by atoms with E-state index in [-0.39, 0.29) is 35.9 Å². The average Bonchev–Trinajstić information content (AvgIpc) is 3.31. The molecule has 1 aliphatic rings. The molecule has 0 unspecified atom stereocenters. The number of hydrogen-bond donors (Lipinski definition) is 1. The molecular weight excluding hydrogens is 528 g/mol. The van der Waals surface area contributed by atoms with E-state index in [2.05, 4.69) is 41.6 Å². The summed E-state index contributed by atoms with van der Waals surface area (Å²) >= 11 is 5.87. The Bertz CT molecular complexity index is 1260. The highest BCUT2D eigenvalue weighted by Crippen LogP contribution is 2.30. The average molecular weight is 557 g/mol. The van der Waals surface area contributed by atoms with Crippen molar-refractivity contribution < 1.29 is 27.4 Å². The van der Waals surface area contributed by atoms with Crippen molar-refractivity contribution >= 4 is 45.9 Å². The number of ether oxygens (including phenoxy) is 4. The maximum Gasteiger partial charge on any atom is 0.243 e. The minimum absolute atomic E-state index is 0.0170. The molecule has 0 spiro atoms. The van der Waals surface area contributed by atoms with E-state index in [1.807, 2.05) is 0 Å². The topological polar surface area (TPSA) is 164 Å². The van der Waals surface area contributed by atoms with Crippen LogP contribution in [0, 0.1) is 0 Å². The Morgan fingerprint density at radius 3 is 2.49 bits per heavy atom. The van der Waals surface area contributed by atoms with Crippen LogP contribution in [0.2, 0.25) is 5.02 Å². The highest BCUT2D eigenvalue weighted by atomic mass is 35.5. The number of aromatic nitrogens is 5. The van der Waals surface area contributed by atoms with Crippen molar-refractivity contribution in [2.45, 2.75) is 31.1 Å². The molecule has 0 radical (unpaired) electrons. The molecule has 1 saturated heterocycles. The van der Waals surface area contributed by atoms with Crippen molar-refractivity contribution in [1.29, 1.82) is 0 Å². The zero-order valence-corrected chi connectivity index (χ0v) is 22.7. The molecule has 202 valence electrons. The number of methoxy groups -OCH3 is 2. The Labute approximate surface area is 219 Å². The van der Waals surface area contributed by atoms with Crippen molar-refractivity contribution in [3.63, 3.8) is 0 Å². The lowest BCUT2D eigenvalue weighted by molar-refractivity contribution is -0.0940. The van der Waals surface area contributed by atoms with E-state index >= 15 is 0 Å². The number of nitrogens with one attached hydrogen (secondary N) is 1. The predicted octanol–water partition coefficient (Wildman–Crippen LogP) is 1.89. The summed E-state index contributed by atoms with van der Waals surface area (Å²) in [5, 5.41) is 7.66. The first-order chi connectivity index (χ1) is 17.7. The van der Waals surface area contributed by atoms with Gasteiger partial charge in [-0.1, -0.05) is 18.5 Å². The van der Waals surface area contributed by atoms with Crippen LogP contribution in [0.1, 0.15) is 37.5 Å². The standard InChI is InChI=1S/C21H29ClN8O6S/c1-12(17-25-9-14(22)10-26-17)13(2)37(31,32)29-21-28-27-18(15-11-35-7-8-36-15)30(21)16(19(23-3)33-5)20(24-4)34-6/h9-10,12-13,15H,3,7-8,11H2,1-2,4-6H3,(H,28,29)/b19-16-,24-20+/t12-,13-,15+/m0/s1. The third-order valence-electron chi connectivity index (χ3n) is 5.63. The summed E-state index contributed by atoms with van der Waals surface area (Å²) in [7, 11) is 0.178. The molecule has 3 atom stereocenters. The number of halogens is 1. The Balaban J connectivity index is 2.11. The molecular formula is C21H29ClN8O6S. The molecule has 1 aliphatic heterocycles. The second-order valence-electron chi connectivity index (χ2n) is 7.80. The molecule has 0 amide bonds. The molecule has 0 aromatic carbocycles. The van der Waals surface area contributed by atoms with Gasteiger partial charge in [0.25, 0.3) is 0 Å². The molecule has 3 heterocycles. The fourth-order valence-electron chi connectivity index (χ4n) is 3.50. The smallest absolute Gasteiger partial charge is 0.243 e. The van der Waals surface area contributed by atoms with E-state index in [9.17, 15) is 8.42 Å². The predicted molar refractivity (Wildman–Crippen MR) is 137 cm³/mol. The SMILES string of the molecule is C=N/C(OC)=C(\C(=N/C)OC)n1c(NS(=O)(=O)[C@@H](C)[C@H](C)c2ncc(Cl)cn2)nnc1[C@H]1COCCO1. The van der Waals surface area contributed by atoms with E-state index in [0.717, 1.165) is 0 Å². The van der Waals surface area contributed by atoms with Crippen molar-refractivity contribution in [3.05, 3.63) is 34.9 Å². The van der Waals surface area contributed by atoms with Gasteiger partial charge >= 0.3 is 0 Å². The molecule has 2 aromatic rings. The minimum atomic E-state index is -4.07. The van der Waals surface area contributed by atoms with Gasteiger partial charge in [-0.25, -0.2) is 23.4 Å². The monoisotopic (exact) mass is 556 g/mol. The molecule has 1 N–H and O–H groups in total. The highest BCUT2D eigenvalue weighted by Gasteiger charge is 2.35. The van der Waals surface area contributed by atoms with E-state index in [0.29, 0.717) is 24.1 Å². The third kappa shape index (κ3) is 6.23. The number of hydrogen-bond acceptors (Lipinski definition) is 12. The maximum absolute atomic E-state index is 13.5. The van der Waals surface area contributed by atoms with Gasteiger partial charge in [0.15, 0.2) is 11.5 Å². The van der Waals surface area contributed by atoms with Crippen LogP contribution in [0.5, 0.6) is 0 Å². The van der Waals surface area contributed by atoms with Gasteiger partial charge in [-0.2, -0.15) is 0 Å². The van der Waals surface area contributed by atoms with Crippen LogP contribution < -0.4 is 4.72 Å². The maximum atomic E-state index is 13.5. The van der Waals surface area contributed by atoms with Crippen molar-refractivity contribution in [3.8, 4) is 0 Å². The van der Waals surface area contributed by atoms with Crippen molar-refractivity contribution in [1.82, 2.24) is 24.7 Å². The molecule has 0 saturated carbocycles. The molecule has 1 fully saturated rings. The first kappa shape index (κ1) is 28.4. The number of sulfonamides is 1.